The molecule has 0 fully saturated rings. The van der Waals surface area contributed by atoms with Gasteiger partial charge in [0.15, 0.2) is 17.4 Å². The maximum Gasteiger partial charge on any atom is 0.214 e. The average molecular weight is 400 g/mol. The summed E-state index contributed by atoms with van der Waals surface area (Å²) in [6, 6.07) is 12.2. The number of fused-ring (bicyclic) bond motifs is 2. The highest BCUT2D eigenvalue weighted by atomic mass is 16.3. The number of unbranched alkanes of at least 4 members (excludes halogenated alkanes) is 1. The Hall–Kier alpha value is -3.80. The minimum atomic E-state index is -0.323. The molecular weight excluding hydrogens is 380 g/mol. The Morgan fingerprint density at radius 1 is 1.10 bits per heavy atom. The molecule has 0 amide bonds. The topological polar surface area (TPSA) is 99.6 Å². The van der Waals surface area contributed by atoms with E-state index in [0.29, 0.717) is 59.0 Å². The third kappa shape index (κ3) is 3.48. The highest BCUT2D eigenvalue weighted by Crippen LogP contribution is 2.35. The number of nitrogens with zero attached hydrogens (tertiary/aromatic N) is 1. The van der Waals surface area contributed by atoms with Crippen molar-refractivity contribution in [3.05, 3.63) is 71.8 Å². The van der Waals surface area contributed by atoms with E-state index in [0.717, 1.165) is 0 Å². The van der Waals surface area contributed by atoms with Gasteiger partial charge in [0, 0.05) is 29.3 Å². The van der Waals surface area contributed by atoms with Crippen molar-refractivity contribution < 1.29 is 19.5 Å². The van der Waals surface area contributed by atoms with Gasteiger partial charge in [0.05, 0.1) is 16.8 Å². The molecule has 150 valence electrons. The Morgan fingerprint density at radius 3 is 2.67 bits per heavy atom. The van der Waals surface area contributed by atoms with Crippen LogP contribution in [-0.4, -0.2) is 33.2 Å². The molecule has 0 radical (unpaired) electrons. The number of hydrogen-bond acceptors (Lipinski definition) is 5. The second-order valence-corrected chi connectivity index (χ2v) is 7.22. The number of hydrogen-bond donors (Lipinski definition) is 2. The lowest BCUT2D eigenvalue weighted by Gasteiger charge is -2.03. The molecule has 2 N–H and O–H groups in total. The van der Waals surface area contributed by atoms with Crippen LogP contribution in [0.15, 0.2) is 60.1 Å². The van der Waals surface area contributed by atoms with E-state index in [1.54, 1.807) is 18.2 Å². The van der Waals surface area contributed by atoms with E-state index in [9.17, 15) is 19.5 Å². The molecule has 30 heavy (non-hydrogen) atoms. The summed E-state index contributed by atoms with van der Waals surface area (Å²) >= 11 is 0. The normalized spacial score (nSPS) is 12.7. The predicted octanol–water partition coefficient (Wildman–Crippen LogP) is 4.69. The predicted molar refractivity (Wildman–Crippen MR) is 115 cm³/mol. The molecule has 2 heterocycles. The Morgan fingerprint density at radius 2 is 1.87 bits per heavy atom. The zero-order valence-electron chi connectivity index (χ0n) is 16.3. The molecule has 0 spiro atoms. The molecule has 1 aliphatic rings. The van der Waals surface area contributed by atoms with Gasteiger partial charge in [0.1, 0.15) is 5.71 Å². The third-order valence-corrected chi connectivity index (χ3v) is 5.24. The number of carbonyl (C=O) groups is 3. The number of aromatic hydroxyl groups is 1. The van der Waals surface area contributed by atoms with Crippen molar-refractivity contribution in [3.8, 4) is 5.88 Å². The largest absolute Gasteiger partial charge is 0.494 e. The van der Waals surface area contributed by atoms with Crippen molar-refractivity contribution in [2.24, 2.45) is 4.99 Å². The molecule has 6 nitrogen and oxygen atoms in total. The van der Waals surface area contributed by atoms with Gasteiger partial charge in [-0.3, -0.25) is 14.4 Å². The van der Waals surface area contributed by atoms with Crippen LogP contribution < -0.4 is 0 Å². The zero-order chi connectivity index (χ0) is 21.3. The van der Waals surface area contributed by atoms with Gasteiger partial charge in [0.25, 0.3) is 0 Å². The summed E-state index contributed by atoms with van der Waals surface area (Å²) in [7, 11) is 0. The van der Waals surface area contributed by atoms with E-state index in [2.05, 4.69) is 16.6 Å². The standard InChI is InChI=1S/C24H20N2O4/c1-2-15(27)7-3-6-10-20(28)14-11-12-19-17(13-14)23(29)22(25-19)21-16-8-4-5-9-18(16)26-24(21)30/h2,4-5,8-9,11-13,26,30H,1,3,6-7,10H2. The van der Waals surface area contributed by atoms with Gasteiger partial charge in [-0.25, -0.2) is 4.99 Å². The van der Waals surface area contributed by atoms with Crippen LogP contribution in [0.3, 0.4) is 0 Å². The Labute approximate surface area is 173 Å². The number of allylic oxidation sites excluding steroid dienone is 1. The zero-order valence-corrected chi connectivity index (χ0v) is 16.3. The molecule has 4 rings (SSSR count). The molecular formula is C24H20N2O4. The Kier molecular flexibility index (Phi) is 5.14. The lowest BCUT2D eigenvalue weighted by atomic mass is 9.98. The SMILES string of the molecule is C=CC(=O)CCCCC(=O)c1ccc2c(c1)C(=O)C(c1c(O)[nH]c3ccccc13)=N2. The number of aromatic nitrogens is 1. The van der Waals surface area contributed by atoms with Crippen molar-refractivity contribution in [2.45, 2.75) is 25.7 Å². The van der Waals surface area contributed by atoms with Crippen LogP contribution >= 0.6 is 0 Å². The second-order valence-electron chi connectivity index (χ2n) is 7.22. The summed E-state index contributed by atoms with van der Waals surface area (Å²) in [6.07, 6.45) is 3.18. The summed E-state index contributed by atoms with van der Waals surface area (Å²) in [4.78, 5) is 44.1. The van der Waals surface area contributed by atoms with Gasteiger partial charge in [0.2, 0.25) is 5.78 Å². The van der Waals surface area contributed by atoms with Crippen molar-refractivity contribution in [1.82, 2.24) is 4.98 Å². The molecule has 6 heteroatoms. The molecule has 0 atom stereocenters. The maximum absolute atomic E-state index is 13.0. The van der Waals surface area contributed by atoms with E-state index in [-0.39, 0.29) is 28.9 Å². The Balaban J connectivity index is 1.54. The number of aliphatic imine (C=N–C) groups is 1. The fourth-order valence-corrected chi connectivity index (χ4v) is 3.66. The number of nitrogens with one attached hydrogen (secondary N) is 1. The molecule has 0 unspecified atom stereocenters. The van der Waals surface area contributed by atoms with E-state index >= 15 is 0 Å². The van der Waals surface area contributed by atoms with Gasteiger partial charge >= 0.3 is 0 Å². The first-order valence-corrected chi connectivity index (χ1v) is 9.75. The third-order valence-electron chi connectivity index (χ3n) is 5.24. The van der Waals surface area contributed by atoms with Crippen molar-refractivity contribution in [3.63, 3.8) is 0 Å². The minimum Gasteiger partial charge on any atom is -0.494 e. The highest BCUT2D eigenvalue weighted by Gasteiger charge is 2.30. The van der Waals surface area contributed by atoms with Crippen LogP contribution in [0.1, 0.15) is 52.0 Å². The monoisotopic (exact) mass is 400 g/mol. The van der Waals surface area contributed by atoms with Crippen LogP contribution in [0.5, 0.6) is 5.88 Å². The van der Waals surface area contributed by atoms with Crippen LogP contribution in [0.25, 0.3) is 10.9 Å². The molecule has 0 saturated carbocycles. The number of H-pyrrole nitrogens is 1. The summed E-state index contributed by atoms with van der Waals surface area (Å²) in [5.41, 5.74) is 2.51. The first kappa shape index (κ1) is 19.5. The lowest BCUT2D eigenvalue weighted by Crippen LogP contribution is -2.11. The molecule has 0 aliphatic carbocycles. The van der Waals surface area contributed by atoms with Crippen molar-refractivity contribution in [1.29, 1.82) is 0 Å². The van der Waals surface area contributed by atoms with Gasteiger partial charge < -0.3 is 10.1 Å². The smallest absolute Gasteiger partial charge is 0.214 e. The average Bonchev–Trinajstić information content (AvgIpc) is 3.25. The van der Waals surface area contributed by atoms with Gasteiger partial charge in [-0.1, -0.05) is 24.8 Å². The quantitative estimate of drug-likeness (QED) is 0.325. The summed E-state index contributed by atoms with van der Waals surface area (Å²) < 4.78 is 0. The number of carbonyl (C=O) groups excluding carboxylic acids is 3. The number of aromatic amines is 1. The maximum atomic E-state index is 13.0. The summed E-state index contributed by atoms with van der Waals surface area (Å²) in [5.74, 6) is -0.548. The van der Waals surface area contributed by atoms with Crippen LogP contribution in [0.2, 0.25) is 0 Å². The minimum absolute atomic E-state index is 0.0317. The number of ketones is 3. The van der Waals surface area contributed by atoms with Gasteiger partial charge in [-0.15, -0.1) is 0 Å². The highest BCUT2D eigenvalue weighted by molar-refractivity contribution is 6.56. The first-order chi connectivity index (χ1) is 14.5. The summed E-state index contributed by atoms with van der Waals surface area (Å²) in [6.45, 7) is 3.43. The van der Waals surface area contributed by atoms with Gasteiger partial charge in [-0.05, 0) is 43.2 Å². The first-order valence-electron chi connectivity index (χ1n) is 9.75. The molecule has 0 saturated heterocycles. The van der Waals surface area contributed by atoms with Crippen molar-refractivity contribution >= 4 is 39.7 Å². The molecule has 2 aromatic carbocycles. The van der Waals surface area contributed by atoms with E-state index in [1.807, 2.05) is 24.3 Å². The van der Waals surface area contributed by atoms with Crippen LogP contribution in [0.4, 0.5) is 5.69 Å². The number of Topliss-reactive ketones (excluding diaryl/α,β-unsaturated/α-hetero) is 2. The van der Waals surface area contributed by atoms with E-state index in [4.69, 9.17) is 0 Å². The molecule has 3 aromatic rings. The fourth-order valence-electron chi connectivity index (χ4n) is 3.66. The number of para-hydroxylation sites is 1. The molecule has 0 bridgehead atoms. The molecule has 1 aromatic heterocycles. The fraction of sp³-hybridized carbons (Fsp3) is 0.167. The second kappa shape index (κ2) is 7.91. The van der Waals surface area contributed by atoms with E-state index in [1.165, 1.54) is 6.08 Å². The van der Waals surface area contributed by atoms with Crippen molar-refractivity contribution in [2.75, 3.05) is 0 Å². The van der Waals surface area contributed by atoms with E-state index < -0.39 is 0 Å². The Bertz CT molecular complexity index is 1230. The lowest BCUT2D eigenvalue weighted by molar-refractivity contribution is -0.114. The van der Waals surface area contributed by atoms with Gasteiger partial charge in [-0.2, -0.15) is 0 Å². The summed E-state index contributed by atoms with van der Waals surface area (Å²) in [5, 5.41) is 11.0. The molecule has 1 aliphatic heterocycles. The van der Waals surface area contributed by atoms with Crippen LogP contribution in [-0.2, 0) is 4.79 Å². The van der Waals surface area contributed by atoms with Crippen LogP contribution in [0, 0.1) is 0 Å². The number of benzene rings is 2. The number of rotatable bonds is 8.